The number of amides is 1. The third kappa shape index (κ3) is 3.10. The van der Waals surface area contributed by atoms with E-state index in [9.17, 15) is 4.79 Å². The number of hydrogen-bond acceptors (Lipinski definition) is 6. The molecule has 0 N–H and O–H groups in total. The molecule has 6 nitrogen and oxygen atoms in total. The predicted octanol–water partition coefficient (Wildman–Crippen LogP) is 4.16. The molecule has 1 unspecified atom stereocenters. The maximum absolute atomic E-state index is 13.4. The molecule has 2 aliphatic rings. The van der Waals surface area contributed by atoms with Crippen LogP contribution in [-0.2, 0) is 4.74 Å². The van der Waals surface area contributed by atoms with E-state index in [-0.39, 0.29) is 18.8 Å². The van der Waals surface area contributed by atoms with Crippen LogP contribution in [-0.4, -0.2) is 36.9 Å². The molecule has 0 bridgehead atoms. The lowest BCUT2D eigenvalue weighted by molar-refractivity contribution is 0.0917. The summed E-state index contributed by atoms with van der Waals surface area (Å²) in [6.45, 7) is 3.46. The van der Waals surface area contributed by atoms with E-state index in [1.165, 1.54) is 11.3 Å². The highest BCUT2D eigenvalue weighted by molar-refractivity contribution is 7.22. The minimum Gasteiger partial charge on any atom is -0.454 e. The molecule has 0 saturated carbocycles. The summed E-state index contributed by atoms with van der Waals surface area (Å²) in [5.41, 5.74) is 2.60. The lowest BCUT2D eigenvalue weighted by Crippen LogP contribution is -2.37. The zero-order valence-corrected chi connectivity index (χ0v) is 16.3. The molecular formula is C21H20N2O4S. The Kier molecular flexibility index (Phi) is 4.41. The summed E-state index contributed by atoms with van der Waals surface area (Å²) in [5.74, 6) is 1.16. The highest BCUT2D eigenvalue weighted by Crippen LogP contribution is 2.35. The van der Waals surface area contributed by atoms with Crippen molar-refractivity contribution in [2.75, 3.05) is 24.8 Å². The molecule has 3 aromatic rings. The maximum atomic E-state index is 13.4. The molecule has 1 amide bonds. The summed E-state index contributed by atoms with van der Waals surface area (Å²) < 4.78 is 17.7. The van der Waals surface area contributed by atoms with Crippen molar-refractivity contribution in [3.63, 3.8) is 0 Å². The van der Waals surface area contributed by atoms with Gasteiger partial charge in [0.15, 0.2) is 16.6 Å². The second-order valence-electron chi connectivity index (χ2n) is 7.04. The zero-order valence-electron chi connectivity index (χ0n) is 15.5. The molecular weight excluding hydrogens is 376 g/mol. The quantitative estimate of drug-likeness (QED) is 0.663. The Hall–Kier alpha value is -2.64. The fourth-order valence-corrected chi connectivity index (χ4v) is 4.67. The number of anilines is 1. The van der Waals surface area contributed by atoms with Crippen LogP contribution in [0.15, 0.2) is 36.4 Å². The van der Waals surface area contributed by atoms with Crippen molar-refractivity contribution in [2.24, 2.45) is 0 Å². The molecule has 0 radical (unpaired) electrons. The van der Waals surface area contributed by atoms with Gasteiger partial charge in [-0.1, -0.05) is 23.5 Å². The Balaban J connectivity index is 1.53. The first kappa shape index (κ1) is 17.5. The minimum atomic E-state index is -0.106. The number of para-hydroxylation sites is 1. The van der Waals surface area contributed by atoms with Gasteiger partial charge in [0, 0.05) is 12.2 Å². The van der Waals surface area contributed by atoms with Gasteiger partial charge in [0.25, 0.3) is 5.91 Å². The Bertz CT molecular complexity index is 1040. The zero-order chi connectivity index (χ0) is 19.1. The fraction of sp³-hybridized carbons (Fsp3) is 0.333. The molecule has 1 aromatic heterocycles. The summed E-state index contributed by atoms with van der Waals surface area (Å²) in [6, 6.07) is 11.4. The topological polar surface area (TPSA) is 60.9 Å². The number of carbonyl (C=O) groups excluding carboxylic acids is 1. The van der Waals surface area contributed by atoms with Gasteiger partial charge in [0.2, 0.25) is 6.79 Å². The van der Waals surface area contributed by atoms with Crippen molar-refractivity contribution < 1.29 is 19.0 Å². The molecule has 144 valence electrons. The number of nitrogens with zero attached hydrogens (tertiary/aromatic N) is 2. The van der Waals surface area contributed by atoms with Crippen molar-refractivity contribution in [2.45, 2.75) is 25.9 Å². The third-order valence-corrected chi connectivity index (χ3v) is 6.16. The van der Waals surface area contributed by atoms with Crippen LogP contribution in [0, 0.1) is 6.92 Å². The van der Waals surface area contributed by atoms with Gasteiger partial charge in [-0.15, -0.1) is 0 Å². The minimum absolute atomic E-state index is 0.0334. The van der Waals surface area contributed by atoms with Gasteiger partial charge in [-0.2, -0.15) is 0 Å². The number of ether oxygens (including phenoxy) is 3. The second-order valence-corrected chi connectivity index (χ2v) is 8.05. The van der Waals surface area contributed by atoms with Crippen molar-refractivity contribution >= 4 is 32.6 Å². The lowest BCUT2D eigenvalue weighted by atomic mass is 10.1. The number of fused-ring (bicyclic) bond motifs is 2. The van der Waals surface area contributed by atoms with Crippen molar-refractivity contribution in [3.05, 3.63) is 47.5 Å². The summed E-state index contributed by atoms with van der Waals surface area (Å²) in [5, 5.41) is 0.697. The average molecular weight is 396 g/mol. The highest BCUT2D eigenvalue weighted by Gasteiger charge is 2.28. The van der Waals surface area contributed by atoms with Crippen LogP contribution >= 0.6 is 11.3 Å². The van der Waals surface area contributed by atoms with Crippen LogP contribution in [0.3, 0.4) is 0 Å². The molecule has 28 heavy (non-hydrogen) atoms. The van der Waals surface area contributed by atoms with Crippen LogP contribution < -0.4 is 14.4 Å². The van der Waals surface area contributed by atoms with E-state index >= 15 is 0 Å². The lowest BCUT2D eigenvalue weighted by Gasteiger charge is -2.23. The number of carbonyl (C=O) groups is 1. The summed E-state index contributed by atoms with van der Waals surface area (Å²) in [6.07, 6.45) is 2.01. The second kappa shape index (κ2) is 7.07. The standard InChI is InChI=1S/C21H20N2O4S/c1-13-4-2-6-18-19(13)22-21(28-18)23(11-15-5-3-9-25-15)20(24)14-7-8-16-17(10-14)27-12-26-16/h2,4,6-8,10,15H,3,5,9,11-12H2,1H3. The average Bonchev–Trinajstić information content (AvgIpc) is 3.45. The van der Waals surface area contributed by atoms with Crippen LogP contribution in [0.1, 0.15) is 28.8 Å². The monoisotopic (exact) mass is 396 g/mol. The Morgan fingerprint density at radius 2 is 2.14 bits per heavy atom. The van der Waals surface area contributed by atoms with Gasteiger partial charge in [-0.05, 0) is 49.6 Å². The van der Waals surface area contributed by atoms with E-state index < -0.39 is 0 Å². The molecule has 7 heteroatoms. The molecule has 2 aliphatic heterocycles. The smallest absolute Gasteiger partial charge is 0.260 e. The van der Waals surface area contributed by atoms with E-state index in [2.05, 4.69) is 0 Å². The molecule has 5 rings (SSSR count). The van der Waals surface area contributed by atoms with Gasteiger partial charge < -0.3 is 14.2 Å². The number of aryl methyl sites for hydroxylation is 1. The molecule has 3 heterocycles. The molecule has 0 aliphatic carbocycles. The normalized spacial score (nSPS) is 18.0. The van der Waals surface area contributed by atoms with Crippen LogP contribution in [0.5, 0.6) is 11.5 Å². The van der Waals surface area contributed by atoms with Gasteiger partial charge in [-0.25, -0.2) is 4.98 Å². The SMILES string of the molecule is Cc1cccc2sc(N(CC3CCCO3)C(=O)c3ccc4c(c3)OCO4)nc12. The number of benzene rings is 2. The number of rotatable bonds is 4. The van der Waals surface area contributed by atoms with E-state index in [0.717, 1.165) is 35.2 Å². The summed E-state index contributed by atoms with van der Waals surface area (Å²) in [4.78, 5) is 20.0. The van der Waals surface area contributed by atoms with Crippen molar-refractivity contribution in [3.8, 4) is 11.5 Å². The van der Waals surface area contributed by atoms with Crippen molar-refractivity contribution in [1.82, 2.24) is 4.98 Å². The van der Waals surface area contributed by atoms with E-state index in [4.69, 9.17) is 19.2 Å². The van der Waals surface area contributed by atoms with Crippen LogP contribution in [0.25, 0.3) is 10.2 Å². The molecule has 1 fully saturated rings. The first-order valence-electron chi connectivity index (χ1n) is 9.38. The van der Waals surface area contributed by atoms with Gasteiger partial charge in [0.1, 0.15) is 0 Å². The van der Waals surface area contributed by atoms with Gasteiger partial charge in [-0.3, -0.25) is 9.69 Å². The van der Waals surface area contributed by atoms with Gasteiger partial charge >= 0.3 is 0 Å². The van der Waals surface area contributed by atoms with Crippen molar-refractivity contribution in [1.29, 1.82) is 0 Å². The predicted molar refractivity (Wildman–Crippen MR) is 108 cm³/mol. The number of thiazole rings is 1. The summed E-state index contributed by atoms with van der Waals surface area (Å²) in [7, 11) is 0. The van der Waals surface area contributed by atoms with E-state index in [1.54, 1.807) is 23.1 Å². The highest BCUT2D eigenvalue weighted by atomic mass is 32.1. The molecule has 2 aromatic carbocycles. The van der Waals surface area contributed by atoms with Crippen LogP contribution in [0.2, 0.25) is 0 Å². The number of hydrogen-bond donors (Lipinski definition) is 0. The Morgan fingerprint density at radius 3 is 2.96 bits per heavy atom. The number of aromatic nitrogens is 1. The fourth-order valence-electron chi connectivity index (χ4n) is 3.62. The van der Waals surface area contributed by atoms with E-state index in [1.807, 2.05) is 25.1 Å². The Morgan fingerprint density at radius 1 is 1.25 bits per heavy atom. The molecule has 0 spiro atoms. The third-order valence-electron chi connectivity index (χ3n) is 5.12. The maximum Gasteiger partial charge on any atom is 0.260 e. The first-order valence-corrected chi connectivity index (χ1v) is 10.2. The summed E-state index contributed by atoms with van der Waals surface area (Å²) >= 11 is 1.53. The molecule has 1 atom stereocenters. The van der Waals surface area contributed by atoms with Gasteiger partial charge in [0.05, 0.1) is 22.9 Å². The molecule has 1 saturated heterocycles. The largest absolute Gasteiger partial charge is 0.454 e. The Labute approximate surface area is 166 Å². The van der Waals surface area contributed by atoms with Crippen LogP contribution in [0.4, 0.5) is 5.13 Å². The van der Waals surface area contributed by atoms with E-state index in [0.29, 0.717) is 28.7 Å². The first-order chi connectivity index (χ1) is 13.7.